The van der Waals surface area contributed by atoms with Crippen molar-refractivity contribution in [2.75, 3.05) is 0 Å². The van der Waals surface area contributed by atoms with Gasteiger partial charge in [0.2, 0.25) is 0 Å². The fourth-order valence-corrected chi connectivity index (χ4v) is 7.22. The van der Waals surface area contributed by atoms with Crippen molar-refractivity contribution >= 4 is 32.2 Å². The van der Waals surface area contributed by atoms with E-state index in [4.69, 9.17) is 9.97 Å². The number of thiophene rings is 1. The van der Waals surface area contributed by atoms with Crippen LogP contribution in [0, 0.1) is 5.92 Å². The third-order valence-electron chi connectivity index (χ3n) is 7.52. The summed E-state index contributed by atoms with van der Waals surface area (Å²) in [4.78, 5) is 11.2. The summed E-state index contributed by atoms with van der Waals surface area (Å²) in [5, 5.41) is 3.84. The van der Waals surface area contributed by atoms with E-state index in [-0.39, 0.29) is 0 Å². The predicted octanol–water partition coefficient (Wildman–Crippen LogP) is 9.14. The molecule has 0 bridgehead atoms. The second-order valence-electron chi connectivity index (χ2n) is 10.4. The molecule has 3 aromatic heterocycles. The highest BCUT2D eigenvalue weighted by atomic mass is 32.1. The second kappa shape index (κ2) is 8.93. The van der Waals surface area contributed by atoms with Gasteiger partial charge in [0, 0.05) is 39.5 Å². The summed E-state index contributed by atoms with van der Waals surface area (Å²) in [6, 6.07) is 28.5. The van der Waals surface area contributed by atoms with Gasteiger partial charge in [-0.2, -0.15) is 0 Å². The standard InChI is InChI=1S/C34H28N2S/c1-21(2)18-30-26-12-13-31-32(27(26)14-16-35-30)28-15-17-36-33(34(28)37-31)24-19-23-10-6-7-11-25(23)29(20-24)22-8-4-3-5-9-22/h3-11,14-17,19-21H,12-13,18H2,1-2H3. The van der Waals surface area contributed by atoms with Crippen LogP contribution in [0.3, 0.4) is 0 Å². The van der Waals surface area contributed by atoms with Crippen LogP contribution in [-0.4, -0.2) is 9.97 Å². The smallest absolute Gasteiger partial charge is 0.0880 e. The predicted molar refractivity (Wildman–Crippen MR) is 157 cm³/mol. The largest absolute Gasteiger partial charge is 0.261 e. The maximum Gasteiger partial charge on any atom is 0.0880 e. The van der Waals surface area contributed by atoms with Crippen LogP contribution >= 0.6 is 11.3 Å². The molecule has 0 radical (unpaired) electrons. The Morgan fingerprint density at radius 1 is 0.757 bits per heavy atom. The summed E-state index contributed by atoms with van der Waals surface area (Å²) in [6.45, 7) is 4.56. The van der Waals surface area contributed by atoms with E-state index in [1.807, 2.05) is 23.7 Å². The van der Waals surface area contributed by atoms with E-state index >= 15 is 0 Å². The van der Waals surface area contributed by atoms with Crippen molar-refractivity contribution < 1.29 is 0 Å². The van der Waals surface area contributed by atoms with Crippen molar-refractivity contribution in [1.29, 1.82) is 0 Å². The van der Waals surface area contributed by atoms with E-state index in [0.29, 0.717) is 5.92 Å². The van der Waals surface area contributed by atoms with Gasteiger partial charge in [-0.05, 0) is 82.5 Å². The molecular weight excluding hydrogens is 468 g/mol. The maximum absolute atomic E-state index is 4.97. The van der Waals surface area contributed by atoms with E-state index in [9.17, 15) is 0 Å². The van der Waals surface area contributed by atoms with Gasteiger partial charge in [-0.1, -0.05) is 68.4 Å². The quantitative estimate of drug-likeness (QED) is 0.243. The molecule has 7 rings (SSSR count). The number of benzene rings is 3. The lowest BCUT2D eigenvalue weighted by atomic mass is 9.86. The lowest BCUT2D eigenvalue weighted by Gasteiger charge is -2.20. The number of hydrogen-bond acceptors (Lipinski definition) is 3. The Labute approximate surface area is 221 Å². The average molecular weight is 497 g/mol. The summed E-state index contributed by atoms with van der Waals surface area (Å²) in [5.74, 6) is 0.599. The molecule has 180 valence electrons. The Balaban J connectivity index is 1.45. The molecule has 0 aliphatic heterocycles. The van der Waals surface area contributed by atoms with Crippen molar-refractivity contribution in [2.24, 2.45) is 5.92 Å². The van der Waals surface area contributed by atoms with E-state index < -0.39 is 0 Å². The summed E-state index contributed by atoms with van der Waals surface area (Å²) in [7, 11) is 0. The van der Waals surface area contributed by atoms with E-state index in [1.54, 1.807) is 0 Å². The van der Waals surface area contributed by atoms with Crippen LogP contribution < -0.4 is 0 Å². The minimum absolute atomic E-state index is 0.599. The molecule has 6 aromatic rings. The zero-order chi connectivity index (χ0) is 24.9. The zero-order valence-corrected chi connectivity index (χ0v) is 22.0. The molecule has 0 amide bonds. The first-order chi connectivity index (χ1) is 18.2. The third-order valence-corrected chi connectivity index (χ3v) is 8.79. The number of pyridine rings is 2. The summed E-state index contributed by atoms with van der Waals surface area (Å²) in [5.41, 5.74) is 10.2. The summed E-state index contributed by atoms with van der Waals surface area (Å²) in [6.07, 6.45) is 7.18. The highest BCUT2D eigenvalue weighted by Crippen LogP contribution is 2.47. The Kier molecular flexibility index (Phi) is 5.40. The molecule has 0 unspecified atom stereocenters. The van der Waals surface area contributed by atoms with Crippen LogP contribution in [0.15, 0.2) is 91.3 Å². The molecule has 1 aliphatic rings. The molecule has 2 nitrogen and oxygen atoms in total. The van der Waals surface area contributed by atoms with Crippen LogP contribution in [0.2, 0.25) is 0 Å². The Morgan fingerprint density at radius 3 is 2.43 bits per heavy atom. The summed E-state index contributed by atoms with van der Waals surface area (Å²) < 4.78 is 1.29. The number of hydrogen-bond donors (Lipinski definition) is 0. The fourth-order valence-electron chi connectivity index (χ4n) is 5.90. The van der Waals surface area contributed by atoms with Crippen LogP contribution in [-0.2, 0) is 19.3 Å². The molecule has 1 aliphatic carbocycles. The number of rotatable bonds is 4. The van der Waals surface area contributed by atoms with Gasteiger partial charge in [-0.15, -0.1) is 11.3 Å². The summed E-state index contributed by atoms with van der Waals surface area (Å²) >= 11 is 1.93. The topological polar surface area (TPSA) is 25.8 Å². The van der Waals surface area contributed by atoms with Crippen molar-refractivity contribution in [2.45, 2.75) is 33.1 Å². The Hall–Kier alpha value is -3.82. The van der Waals surface area contributed by atoms with Crippen LogP contribution in [0.5, 0.6) is 0 Å². The van der Waals surface area contributed by atoms with Gasteiger partial charge >= 0.3 is 0 Å². The first kappa shape index (κ1) is 22.4. The number of aryl methyl sites for hydroxylation is 1. The highest BCUT2D eigenvalue weighted by molar-refractivity contribution is 7.20. The monoisotopic (exact) mass is 496 g/mol. The zero-order valence-electron chi connectivity index (χ0n) is 21.2. The van der Waals surface area contributed by atoms with Crippen LogP contribution in [0.25, 0.3) is 54.4 Å². The van der Waals surface area contributed by atoms with Gasteiger partial charge < -0.3 is 0 Å². The molecule has 3 heteroatoms. The van der Waals surface area contributed by atoms with Crippen LogP contribution in [0.1, 0.15) is 30.0 Å². The van der Waals surface area contributed by atoms with Gasteiger partial charge in [0.1, 0.15) is 0 Å². The number of fused-ring (bicyclic) bond motifs is 6. The van der Waals surface area contributed by atoms with Crippen molar-refractivity contribution in [3.8, 4) is 33.5 Å². The van der Waals surface area contributed by atoms with E-state index in [2.05, 4.69) is 92.7 Å². The highest BCUT2D eigenvalue weighted by Gasteiger charge is 2.25. The van der Waals surface area contributed by atoms with Gasteiger partial charge in [0.05, 0.1) is 10.4 Å². The second-order valence-corrected chi connectivity index (χ2v) is 11.5. The van der Waals surface area contributed by atoms with Gasteiger partial charge in [-0.25, -0.2) is 0 Å². The minimum atomic E-state index is 0.599. The molecule has 0 saturated carbocycles. The first-order valence-electron chi connectivity index (χ1n) is 13.1. The molecule has 37 heavy (non-hydrogen) atoms. The normalized spacial score (nSPS) is 12.7. The number of aromatic nitrogens is 2. The number of nitrogens with zero attached hydrogens (tertiary/aromatic N) is 2. The molecule has 3 heterocycles. The lowest BCUT2D eigenvalue weighted by molar-refractivity contribution is 0.629. The molecule has 0 fully saturated rings. The molecular formula is C34H28N2S. The van der Waals surface area contributed by atoms with Crippen molar-refractivity contribution in [3.63, 3.8) is 0 Å². The van der Waals surface area contributed by atoms with E-state index in [0.717, 1.165) is 25.0 Å². The Bertz CT molecular complexity index is 1780. The Morgan fingerprint density at radius 2 is 1.57 bits per heavy atom. The first-order valence-corrected chi connectivity index (χ1v) is 13.9. The molecule has 0 saturated heterocycles. The van der Waals surface area contributed by atoms with Crippen molar-refractivity contribution in [1.82, 2.24) is 9.97 Å². The fraction of sp³-hybridized carbons (Fsp3) is 0.176. The van der Waals surface area contributed by atoms with Gasteiger partial charge in [0.25, 0.3) is 0 Å². The SMILES string of the molecule is CC(C)Cc1nccc2c1CCc1sc3c(-c4cc(-c5ccccc5)c5ccccc5c4)nccc3c1-2. The lowest BCUT2D eigenvalue weighted by Crippen LogP contribution is -2.09. The molecule has 3 aromatic carbocycles. The maximum atomic E-state index is 4.97. The average Bonchev–Trinajstić information content (AvgIpc) is 3.32. The van der Waals surface area contributed by atoms with Gasteiger partial charge in [0.15, 0.2) is 0 Å². The molecule has 0 N–H and O–H groups in total. The molecule has 0 atom stereocenters. The third kappa shape index (κ3) is 3.77. The van der Waals surface area contributed by atoms with E-state index in [1.165, 1.54) is 64.8 Å². The molecule has 0 spiro atoms. The van der Waals surface area contributed by atoms with Gasteiger partial charge in [-0.3, -0.25) is 9.97 Å². The van der Waals surface area contributed by atoms with Crippen LogP contribution in [0.4, 0.5) is 0 Å². The van der Waals surface area contributed by atoms with Crippen molar-refractivity contribution in [3.05, 3.63) is 107 Å². The minimum Gasteiger partial charge on any atom is -0.261 e.